The van der Waals surface area contributed by atoms with E-state index in [1.807, 2.05) is 6.07 Å². The molecular weight excluding hydrogens is 439 g/mol. The van der Waals surface area contributed by atoms with Gasteiger partial charge < -0.3 is 0 Å². The van der Waals surface area contributed by atoms with Crippen molar-refractivity contribution >= 4 is 0 Å². The van der Waals surface area contributed by atoms with Crippen LogP contribution in [0.4, 0.5) is 4.39 Å². The molecule has 0 radical (unpaired) electrons. The lowest BCUT2D eigenvalue weighted by Crippen LogP contribution is -2.15. The Labute approximate surface area is 219 Å². The summed E-state index contributed by atoms with van der Waals surface area (Å²) >= 11 is 0. The highest BCUT2D eigenvalue weighted by atomic mass is 19.1. The first-order valence-electron chi connectivity index (χ1n) is 15.2. The maximum Gasteiger partial charge on any atom is 0.126 e. The Balaban J connectivity index is 1.14. The van der Waals surface area contributed by atoms with E-state index in [2.05, 4.69) is 56.0 Å². The van der Waals surface area contributed by atoms with Crippen LogP contribution in [0.2, 0.25) is 0 Å². The van der Waals surface area contributed by atoms with Crippen molar-refractivity contribution in [2.24, 2.45) is 11.8 Å². The molecule has 194 valence electrons. The van der Waals surface area contributed by atoms with E-state index in [0.29, 0.717) is 23.7 Å². The monoisotopic (exact) mass is 486 g/mol. The molecule has 3 fully saturated rings. The molecule has 0 unspecified atom stereocenters. The van der Waals surface area contributed by atoms with Crippen LogP contribution in [0.25, 0.3) is 0 Å². The zero-order valence-electron chi connectivity index (χ0n) is 22.6. The van der Waals surface area contributed by atoms with Gasteiger partial charge in [-0.15, -0.1) is 6.58 Å². The molecule has 5 rings (SSSR count). The molecular formula is C35H47F. The fourth-order valence-corrected chi connectivity index (χ4v) is 7.79. The number of hydrogen-bond acceptors (Lipinski definition) is 0. The molecule has 0 heterocycles. The van der Waals surface area contributed by atoms with Crippen molar-refractivity contribution in [2.75, 3.05) is 0 Å². The maximum absolute atomic E-state index is 15.2. The first kappa shape index (κ1) is 25.7. The van der Waals surface area contributed by atoms with Gasteiger partial charge in [0.25, 0.3) is 0 Å². The van der Waals surface area contributed by atoms with Crippen LogP contribution in [0.15, 0.2) is 55.1 Å². The third-order valence-corrected chi connectivity index (χ3v) is 10.2. The zero-order valence-corrected chi connectivity index (χ0v) is 22.6. The van der Waals surface area contributed by atoms with E-state index in [-0.39, 0.29) is 5.82 Å². The lowest BCUT2D eigenvalue weighted by molar-refractivity contribution is 0.308. The molecule has 1 heteroatoms. The van der Waals surface area contributed by atoms with Crippen LogP contribution in [0.3, 0.4) is 0 Å². The van der Waals surface area contributed by atoms with E-state index in [4.69, 9.17) is 0 Å². The molecule has 3 aliphatic carbocycles. The van der Waals surface area contributed by atoms with E-state index in [1.54, 1.807) is 5.56 Å². The minimum Gasteiger partial charge on any atom is -0.207 e. The second-order valence-corrected chi connectivity index (χ2v) is 12.3. The van der Waals surface area contributed by atoms with E-state index in [0.717, 1.165) is 30.2 Å². The number of hydrogen-bond donors (Lipinski definition) is 0. The summed E-state index contributed by atoms with van der Waals surface area (Å²) < 4.78 is 15.2. The molecule has 0 spiro atoms. The first-order chi connectivity index (χ1) is 17.6. The third-order valence-electron chi connectivity index (χ3n) is 10.2. The summed E-state index contributed by atoms with van der Waals surface area (Å²) in [5.74, 6) is 3.98. The molecule has 2 aromatic carbocycles. The second kappa shape index (κ2) is 12.1. The topological polar surface area (TPSA) is 0 Å². The number of allylic oxidation sites excluding steroid dienone is 1. The van der Waals surface area contributed by atoms with Gasteiger partial charge in [0.1, 0.15) is 5.82 Å². The van der Waals surface area contributed by atoms with Gasteiger partial charge in [0, 0.05) is 0 Å². The fraction of sp³-hybridized carbons (Fsp3) is 0.600. The van der Waals surface area contributed by atoms with Crippen LogP contribution in [-0.4, -0.2) is 0 Å². The molecule has 0 amide bonds. The number of halogens is 1. The Morgan fingerprint density at radius 2 is 1.14 bits per heavy atom. The van der Waals surface area contributed by atoms with Gasteiger partial charge in [-0.1, -0.05) is 62.2 Å². The van der Waals surface area contributed by atoms with Gasteiger partial charge in [-0.2, -0.15) is 0 Å². The maximum atomic E-state index is 15.2. The summed E-state index contributed by atoms with van der Waals surface area (Å²) in [6.07, 6.45) is 19.7. The molecule has 36 heavy (non-hydrogen) atoms. The van der Waals surface area contributed by atoms with E-state index in [9.17, 15) is 0 Å². The predicted molar refractivity (Wildman–Crippen MR) is 151 cm³/mol. The summed E-state index contributed by atoms with van der Waals surface area (Å²) in [6, 6.07) is 15.9. The summed E-state index contributed by atoms with van der Waals surface area (Å²) in [7, 11) is 0. The fourth-order valence-electron chi connectivity index (χ4n) is 7.79. The van der Waals surface area contributed by atoms with Gasteiger partial charge in [0.15, 0.2) is 0 Å². The van der Waals surface area contributed by atoms with Crippen LogP contribution in [-0.2, 0) is 0 Å². The predicted octanol–water partition coefficient (Wildman–Crippen LogP) is 10.8. The molecule has 0 saturated heterocycles. The van der Waals surface area contributed by atoms with Crippen LogP contribution >= 0.6 is 0 Å². The van der Waals surface area contributed by atoms with Crippen LogP contribution in [0, 0.1) is 17.7 Å². The van der Waals surface area contributed by atoms with Crippen molar-refractivity contribution in [3.8, 4) is 0 Å². The second-order valence-electron chi connectivity index (χ2n) is 12.3. The number of benzene rings is 2. The Morgan fingerprint density at radius 1 is 0.667 bits per heavy atom. The Bertz CT molecular complexity index is 964. The largest absolute Gasteiger partial charge is 0.207 e. The molecule has 0 aliphatic heterocycles. The Kier molecular flexibility index (Phi) is 8.66. The standard InChI is InChI=1S/C35H47F/c1-3-5-26-8-12-27(13-9-26)28-14-16-29(17-15-28)30-18-20-32(21-19-30)34-23-22-33(24-35(34)36)31-10-6-25(4-2)7-11-31/h4,14-17,22-27,30-32H,2-3,5-13,18-21H2,1H3. The highest BCUT2D eigenvalue weighted by Gasteiger charge is 2.27. The van der Waals surface area contributed by atoms with Crippen molar-refractivity contribution < 1.29 is 4.39 Å². The van der Waals surface area contributed by atoms with Crippen molar-refractivity contribution in [1.82, 2.24) is 0 Å². The van der Waals surface area contributed by atoms with Crippen LogP contribution in [0.1, 0.15) is 143 Å². The molecule has 0 aromatic heterocycles. The summed E-state index contributed by atoms with van der Waals surface area (Å²) in [6.45, 7) is 6.28. The smallest absolute Gasteiger partial charge is 0.126 e. The molecule has 3 aliphatic rings. The molecule has 2 aromatic rings. The van der Waals surface area contributed by atoms with E-state index >= 15 is 4.39 Å². The lowest BCUT2D eigenvalue weighted by Gasteiger charge is -2.31. The van der Waals surface area contributed by atoms with Crippen molar-refractivity contribution in [3.05, 3.63) is 83.2 Å². The average Bonchev–Trinajstić information content (AvgIpc) is 2.94. The normalized spacial score (nSPS) is 31.2. The summed E-state index contributed by atoms with van der Waals surface area (Å²) in [4.78, 5) is 0. The van der Waals surface area contributed by atoms with Gasteiger partial charge in [0.2, 0.25) is 0 Å². The van der Waals surface area contributed by atoms with Gasteiger partial charge in [-0.25, -0.2) is 4.39 Å². The van der Waals surface area contributed by atoms with Crippen molar-refractivity contribution in [2.45, 2.75) is 120 Å². The minimum atomic E-state index is 0.0415. The minimum absolute atomic E-state index is 0.0415. The number of rotatable bonds is 7. The van der Waals surface area contributed by atoms with E-state index < -0.39 is 0 Å². The van der Waals surface area contributed by atoms with Gasteiger partial charge in [0.05, 0.1) is 0 Å². The summed E-state index contributed by atoms with van der Waals surface area (Å²) in [5, 5.41) is 0. The molecule has 3 saturated carbocycles. The summed E-state index contributed by atoms with van der Waals surface area (Å²) in [5.41, 5.74) is 5.24. The van der Waals surface area contributed by atoms with Crippen LogP contribution in [0.5, 0.6) is 0 Å². The molecule has 0 N–H and O–H groups in total. The average molecular weight is 487 g/mol. The Morgan fingerprint density at radius 3 is 1.67 bits per heavy atom. The Hall–Kier alpha value is -1.89. The van der Waals surface area contributed by atoms with Gasteiger partial charge in [-0.05, 0) is 141 Å². The highest BCUT2D eigenvalue weighted by Crippen LogP contribution is 2.43. The zero-order chi connectivity index (χ0) is 24.9. The quantitative estimate of drug-likeness (QED) is 0.341. The molecule has 0 bridgehead atoms. The highest BCUT2D eigenvalue weighted by molar-refractivity contribution is 5.32. The molecule has 0 nitrogen and oxygen atoms in total. The lowest BCUT2D eigenvalue weighted by atomic mass is 9.74. The first-order valence-corrected chi connectivity index (χ1v) is 15.2. The third kappa shape index (κ3) is 5.98. The van der Waals surface area contributed by atoms with Crippen molar-refractivity contribution in [1.29, 1.82) is 0 Å². The van der Waals surface area contributed by atoms with Gasteiger partial charge in [-0.3, -0.25) is 0 Å². The van der Waals surface area contributed by atoms with Gasteiger partial charge >= 0.3 is 0 Å². The van der Waals surface area contributed by atoms with Crippen molar-refractivity contribution in [3.63, 3.8) is 0 Å². The SMILES string of the molecule is C=CC1CCC(c2ccc(C3CCC(c4ccc(C5CCC(CCC)CC5)cc4)CC3)c(F)c2)CC1. The molecule has 0 atom stereocenters. The van der Waals surface area contributed by atoms with E-state index in [1.165, 1.54) is 88.2 Å². The van der Waals surface area contributed by atoms with Crippen LogP contribution < -0.4 is 0 Å².